The van der Waals surface area contributed by atoms with Crippen LogP contribution in [0.5, 0.6) is 0 Å². The van der Waals surface area contributed by atoms with E-state index in [0.717, 1.165) is 45.5 Å². The van der Waals surface area contributed by atoms with Crippen molar-refractivity contribution in [1.82, 2.24) is 9.80 Å². The third-order valence-corrected chi connectivity index (χ3v) is 9.69. The summed E-state index contributed by atoms with van der Waals surface area (Å²) in [5.74, 6) is 1.70. The molecule has 2 aliphatic carbocycles. The number of hydrogen-bond donors (Lipinski definition) is 0. The van der Waals surface area contributed by atoms with Gasteiger partial charge in [-0.3, -0.25) is 4.90 Å². The Bertz CT molecular complexity index is 882. The molecule has 9 atom stereocenters. The van der Waals surface area contributed by atoms with Crippen LogP contribution in [0.2, 0.25) is 0 Å². The standard InChI is InChI=1S/C27H41FN2O5/c1-16(2)6-7-21-26(4,35-21)23-22(32-5)20(8-9-27(23)15-33-27)34-24(31)30-11-18-17(19(18)12-30)10-29-13-25(3,28)14-29/h6,17-23H,7-15H2,1-5H3/t17-,18-,19+,20-,21-,22-,23-,26+,27+/m1/s1. The van der Waals surface area contributed by atoms with Gasteiger partial charge in [0.05, 0.1) is 18.6 Å². The second kappa shape index (κ2) is 8.14. The van der Waals surface area contributed by atoms with Gasteiger partial charge in [0.2, 0.25) is 0 Å². The number of epoxide rings is 2. The maximum atomic E-state index is 13.8. The molecule has 6 aliphatic rings. The van der Waals surface area contributed by atoms with Crippen LogP contribution in [0, 0.1) is 23.7 Å². The first-order valence-electron chi connectivity index (χ1n) is 13.4. The fraction of sp³-hybridized carbons (Fsp3) is 0.889. The fourth-order valence-corrected chi connectivity index (χ4v) is 7.66. The van der Waals surface area contributed by atoms with Gasteiger partial charge in [-0.1, -0.05) is 11.6 Å². The fourth-order valence-electron chi connectivity index (χ4n) is 7.66. The van der Waals surface area contributed by atoms with E-state index in [1.807, 2.05) is 4.90 Å². The van der Waals surface area contributed by atoms with Gasteiger partial charge in [-0.25, -0.2) is 9.18 Å². The number of carbonyl (C=O) groups is 1. The summed E-state index contributed by atoms with van der Waals surface area (Å²) in [5, 5.41) is 0. The summed E-state index contributed by atoms with van der Waals surface area (Å²) in [6.45, 7) is 12.3. The molecule has 2 saturated carbocycles. The molecule has 6 rings (SSSR count). The number of halogens is 1. The molecule has 0 aromatic rings. The highest BCUT2D eigenvalue weighted by Gasteiger charge is 2.72. The maximum Gasteiger partial charge on any atom is 0.410 e. The van der Waals surface area contributed by atoms with Gasteiger partial charge in [-0.2, -0.15) is 0 Å². The van der Waals surface area contributed by atoms with Crippen molar-refractivity contribution < 1.29 is 28.1 Å². The van der Waals surface area contributed by atoms with Crippen molar-refractivity contribution in [2.75, 3.05) is 46.4 Å². The van der Waals surface area contributed by atoms with E-state index in [9.17, 15) is 9.18 Å². The molecule has 35 heavy (non-hydrogen) atoms. The van der Waals surface area contributed by atoms with Crippen LogP contribution in [0.3, 0.4) is 0 Å². The number of allylic oxidation sites excluding steroid dienone is 1. The highest BCUT2D eigenvalue weighted by molar-refractivity contribution is 5.68. The quantitative estimate of drug-likeness (QED) is 0.401. The summed E-state index contributed by atoms with van der Waals surface area (Å²) in [4.78, 5) is 17.2. The van der Waals surface area contributed by atoms with E-state index in [2.05, 4.69) is 31.7 Å². The molecule has 8 heteroatoms. The molecular weight excluding hydrogens is 451 g/mol. The Hall–Kier alpha value is -1.22. The van der Waals surface area contributed by atoms with Crippen LogP contribution < -0.4 is 0 Å². The second-order valence-corrected chi connectivity index (χ2v) is 12.8. The predicted octanol–water partition coefficient (Wildman–Crippen LogP) is 3.42. The summed E-state index contributed by atoms with van der Waals surface area (Å²) in [5.41, 5.74) is -0.278. The molecule has 1 spiro atoms. The number of amides is 1. The van der Waals surface area contributed by atoms with E-state index in [1.165, 1.54) is 5.57 Å². The normalized spacial score (nSPS) is 47.1. The molecular formula is C27H41FN2O5. The van der Waals surface area contributed by atoms with E-state index in [4.69, 9.17) is 18.9 Å². The van der Waals surface area contributed by atoms with Gasteiger partial charge in [0.1, 0.15) is 29.1 Å². The van der Waals surface area contributed by atoms with Crippen molar-refractivity contribution in [2.45, 2.75) is 82.1 Å². The third kappa shape index (κ3) is 4.22. The van der Waals surface area contributed by atoms with Gasteiger partial charge in [-0.15, -0.1) is 0 Å². The lowest BCUT2D eigenvalue weighted by molar-refractivity contribution is -0.121. The Kier molecular flexibility index (Phi) is 5.61. The van der Waals surface area contributed by atoms with Crippen LogP contribution in [-0.2, 0) is 18.9 Å². The van der Waals surface area contributed by atoms with E-state index in [1.54, 1.807) is 14.0 Å². The van der Waals surface area contributed by atoms with E-state index in [-0.39, 0.29) is 41.5 Å². The molecule has 4 aliphatic heterocycles. The summed E-state index contributed by atoms with van der Waals surface area (Å²) < 4.78 is 38.2. The molecule has 6 fully saturated rings. The topological polar surface area (TPSA) is 67.1 Å². The van der Waals surface area contributed by atoms with Crippen molar-refractivity contribution in [3.63, 3.8) is 0 Å². The molecule has 0 bridgehead atoms. The van der Waals surface area contributed by atoms with Gasteiger partial charge in [-0.05, 0) is 64.7 Å². The third-order valence-electron chi connectivity index (χ3n) is 9.69. The Morgan fingerprint density at radius 3 is 2.46 bits per heavy atom. The number of hydrogen-bond acceptors (Lipinski definition) is 6. The van der Waals surface area contributed by atoms with Crippen LogP contribution >= 0.6 is 0 Å². The maximum absolute atomic E-state index is 13.8. The van der Waals surface area contributed by atoms with Crippen molar-refractivity contribution >= 4 is 6.09 Å². The van der Waals surface area contributed by atoms with Crippen LogP contribution in [0.4, 0.5) is 9.18 Å². The molecule has 0 aromatic heterocycles. The Labute approximate surface area is 208 Å². The number of methoxy groups -OCH3 is 1. The summed E-state index contributed by atoms with van der Waals surface area (Å²) in [6, 6.07) is 0. The minimum absolute atomic E-state index is 0.0381. The zero-order valence-corrected chi connectivity index (χ0v) is 21.8. The van der Waals surface area contributed by atoms with Crippen LogP contribution in [0.25, 0.3) is 0 Å². The SMILES string of the molecule is CO[C@@H]1[C@H](OC(=O)N2C[C@@H]3[C@@H](CN4CC(C)(F)C4)[C@@H]3C2)CC[C@]2(CO2)[C@H]1[C@@]1(C)O[C@@H]1CC=C(C)C. The summed E-state index contributed by atoms with van der Waals surface area (Å²) in [6.07, 6.45) is 4.08. The Balaban J connectivity index is 1.05. The first kappa shape index (κ1) is 24.1. The number of rotatable bonds is 7. The first-order chi connectivity index (χ1) is 16.6. The summed E-state index contributed by atoms with van der Waals surface area (Å²) >= 11 is 0. The lowest BCUT2D eigenvalue weighted by atomic mass is 9.68. The average Bonchev–Trinajstić information content (AvgIpc) is 3.73. The molecule has 4 saturated heterocycles. The number of likely N-dealkylation sites (tertiary alicyclic amines) is 2. The number of piperidine rings is 1. The van der Waals surface area contributed by atoms with Crippen LogP contribution in [-0.4, -0.2) is 97.5 Å². The van der Waals surface area contributed by atoms with E-state index < -0.39 is 5.67 Å². The molecule has 1 amide bonds. The van der Waals surface area contributed by atoms with Crippen molar-refractivity contribution in [2.24, 2.45) is 23.7 Å². The predicted molar refractivity (Wildman–Crippen MR) is 128 cm³/mol. The lowest BCUT2D eigenvalue weighted by Crippen LogP contribution is -2.57. The van der Waals surface area contributed by atoms with Gasteiger partial charge >= 0.3 is 6.09 Å². The van der Waals surface area contributed by atoms with E-state index >= 15 is 0 Å². The lowest BCUT2D eigenvalue weighted by Gasteiger charge is -2.43. The Morgan fingerprint density at radius 2 is 1.89 bits per heavy atom. The number of ether oxygens (including phenoxy) is 4. The first-order valence-corrected chi connectivity index (χ1v) is 13.4. The molecule has 0 N–H and O–H groups in total. The zero-order chi connectivity index (χ0) is 24.8. The molecule has 7 nitrogen and oxygen atoms in total. The van der Waals surface area contributed by atoms with E-state index in [0.29, 0.717) is 30.8 Å². The second-order valence-electron chi connectivity index (χ2n) is 12.8. The number of nitrogens with zero attached hydrogens (tertiary/aromatic N) is 2. The number of alkyl halides is 1. The monoisotopic (exact) mass is 492 g/mol. The van der Waals surface area contributed by atoms with Gasteiger partial charge in [0.25, 0.3) is 0 Å². The molecule has 0 aromatic carbocycles. The average molecular weight is 493 g/mol. The zero-order valence-electron chi connectivity index (χ0n) is 21.8. The van der Waals surface area contributed by atoms with Crippen molar-refractivity contribution in [1.29, 1.82) is 0 Å². The molecule has 196 valence electrons. The summed E-state index contributed by atoms with van der Waals surface area (Å²) in [7, 11) is 1.71. The molecule has 4 heterocycles. The van der Waals surface area contributed by atoms with Crippen molar-refractivity contribution in [3.05, 3.63) is 11.6 Å². The highest BCUT2D eigenvalue weighted by atomic mass is 19.1. The number of fused-ring (bicyclic) bond motifs is 1. The van der Waals surface area contributed by atoms with Gasteiger partial charge < -0.3 is 23.8 Å². The smallest absolute Gasteiger partial charge is 0.410 e. The van der Waals surface area contributed by atoms with Crippen LogP contribution in [0.1, 0.15) is 47.0 Å². The van der Waals surface area contributed by atoms with Crippen LogP contribution in [0.15, 0.2) is 11.6 Å². The molecule has 0 radical (unpaired) electrons. The molecule has 0 unspecified atom stereocenters. The van der Waals surface area contributed by atoms with Gasteiger partial charge in [0.15, 0.2) is 0 Å². The largest absolute Gasteiger partial charge is 0.443 e. The minimum atomic E-state index is -1.02. The van der Waals surface area contributed by atoms with Crippen molar-refractivity contribution in [3.8, 4) is 0 Å². The highest BCUT2D eigenvalue weighted by Crippen LogP contribution is 2.60. The minimum Gasteiger partial charge on any atom is -0.443 e. The number of carbonyl (C=O) groups excluding carboxylic acids is 1. The van der Waals surface area contributed by atoms with Gasteiger partial charge in [0, 0.05) is 39.8 Å². The Morgan fingerprint density at radius 1 is 1.20 bits per heavy atom.